The largest absolute Gasteiger partial charge is 0.325 e. The van der Waals surface area contributed by atoms with Gasteiger partial charge in [0.25, 0.3) is 0 Å². The topological polar surface area (TPSA) is 58.5 Å². The molecule has 4 heteroatoms. The van der Waals surface area contributed by atoms with Crippen LogP contribution in [0.25, 0.3) is 0 Å². The number of carbonyl (C=O) groups excluding carboxylic acids is 1. The van der Waals surface area contributed by atoms with Crippen LogP contribution in [0, 0.1) is 11.8 Å². The van der Waals surface area contributed by atoms with Gasteiger partial charge in [-0.15, -0.1) is 4.91 Å². The summed E-state index contributed by atoms with van der Waals surface area (Å²) in [4.78, 5) is 23.9. The van der Waals surface area contributed by atoms with Crippen molar-refractivity contribution in [1.29, 1.82) is 0 Å². The lowest BCUT2D eigenvalue weighted by Gasteiger charge is -2.18. The normalized spacial score (nSPS) is 10.5. The van der Waals surface area contributed by atoms with Gasteiger partial charge >= 0.3 is 0 Å². The van der Waals surface area contributed by atoms with Crippen LogP contribution >= 0.6 is 0 Å². The fourth-order valence-corrected chi connectivity index (χ4v) is 2.79. The molecule has 124 valence electrons. The molecule has 0 aliphatic heterocycles. The van der Waals surface area contributed by atoms with Gasteiger partial charge in [0, 0.05) is 5.69 Å². The van der Waals surface area contributed by atoms with Crippen molar-refractivity contribution in [2.24, 2.45) is 5.18 Å². The smallest absolute Gasteiger partial charge is 0.236 e. The Balaban J connectivity index is 1.94. The van der Waals surface area contributed by atoms with Crippen molar-refractivity contribution in [3.8, 4) is 0 Å². The molecule has 3 aromatic rings. The predicted molar refractivity (Wildman–Crippen MR) is 100.0 cm³/mol. The number of nitrogens with zero attached hydrogens (tertiary/aromatic N) is 1. The summed E-state index contributed by atoms with van der Waals surface area (Å²) >= 11 is 0. The van der Waals surface area contributed by atoms with Crippen LogP contribution < -0.4 is 5.32 Å². The monoisotopic (exact) mass is 330 g/mol. The van der Waals surface area contributed by atoms with Gasteiger partial charge in [-0.3, -0.25) is 4.79 Å². The van der Waals surface area contributed by atoms with Gasteiger partial charge in [0.05, 0.1) is 5.92 Å². The number of hydrogen-bond donors (Lipinski definition) is 1. The van der Waals surface area contributed by atoms with E-state index in [4.69, 9.17) is 0 Å². The molecule has 0 aliphatic carbocycles. The molecule has 25 heavy (non-hydrogen) atoms. The molecule has 0 spiro atoms. The Hall–Kier alpha value is -3.27. The first-order valence-electron chi connectivity index (χ1n) is 8.04. The van der Waals surface area contributed by atoms with Gasteiger partial charge in [-0.1, -0.05) is 66.7 Å². The highest BCUT2D eigenvalue weighted by atomic mass is 16.3. The van der Waals surface area contributed by atoms with Crippen LogP contribution in [-0.2, 0) is 4.79 Å². The molecule has 4 nitrogen and oxygen atoms in total. The van der Waals surface area contributed by atoms with E-state index in [-0.39, 0.29) is 5.91 Å². The maximum atomic E-state index is 13.0. The van der Waals surface area contributed by atoms with Gasteiger partial charge in [-0.25, -0.2) is 0 Å². The molecule has 0 fully saturated rings. The van der Waals surface area contributed by atoms with Gasteiger partial charge < -0.3 is 5.32 Å². The fourth-order valence-electron chi connectivity index (χ4n) is 2.79. The summed E-state index contributed by atoms with van der Waals surface area (Å²) in [7, 11) is 0. The summed E-state index contributed by atoms with van der Waals surface area (Å²) < 4.78 is 0. The summed E-state index contributed by atoms with van der Waals surface area (Å²) in [5, 5.41) is 5.90. The fraction of sp³-hybridized carbons (Fsp3) is 0.0952. The molecule has 1 N–H and O–H groups in total. The Labute approximate surface area is 146 Å². The number of benzene rings is 3. The van der Waals surface area contributed by atoms with E-state index in [0.29, 0.717) is 11.4 Å². The van der Waals surface area contributed by atoms with Crippen LogP contribution in [0.5, 0.6) is 0 Å². The first-order chi connectivity index (χ1) is 12.2. The minimum atomic E-state index is -0.434. The number of rotatable bonds is 5. The molecule has 0 saturated heterocycles. The minimum absolute atomic E-state index is 0.155. The molecule has 0 aliphatic rings. The molecule has 1 amide bonds. The van der Waals surface area contributed by atoms with E-state index in [0.717, 1.165) is 16.7 Å². The average Bonchev–Trinajstić information content (AvgIpc) is 2.65. The van der Waals surface area contributed by atoms with Gasteiger partial charge in [0.1, 0.15) is 5.69 Å². The van der Waals surface area contributed by atoms with Crippen molar-refractivity contribution < 1.29 is 4.79 Å². The molecule has 0 atom stereocenters. The van der Waals surface area contributed by atoms with Crippen LogP contribution in [0.1, 0.15) is 22.6 Å². The van der Waals surface area contributed by atoms with Crippen molar-refractivity contribution in [2.75, 3.05) is 5.32 Å². The van der Waals surface area contributed by atoms with Crippen LogP contribution in [-0.4, -0.2) is 5.91 Å². The molecule has 0 bridgehead atoms. The van der Waals surface area contributed by atoms with E-state index < -0.39 is 5.92 Å². The van der Waals surface area contributed by atoms with Gasteiger partial charge in [0.15, 0.2) is 0 Å². The number of nitrogens with one attached hydrogen (secondary N) is 1. The number of nitroso groups, excluding NO2 is 1. The van der Waals surface area contributed by atoms with E-state index in [1.165, 1.54) is 0 Å². The van der Waals surface area contributed by atoms with Crippen molar-refractivity contribution in [3.63, 3.8) is 0 Å². The number of amides is 1. The number of carbonyl (C=O) groups is 1. The molecule has 3 rings (SSSR count). The van der Waals surface area contributed by atoms with Crippen molar-refractivity contribution in [1.82, 2.24) is 0 Å². The average molecular weight is 330 g/mol. The Morgan fingerprint density at radius 3 is 1.96 bits per heavy atom. The standard InChI is InChI=1S/C21H18N2O2/c1-15-12-13-18(14-19(15)23-25)22-21(24)20(16-8-4-2-5-9-16)17-10-6-3-7-11-17/h2-14,20H,1H3,(H,22,24). The second-order valence-electron chi connectivity index (χ2n) is 5.84. The highest BCUT2D eigenvalue weighted by Crippen LogP contribution is 2.28. The lowest BCUT2D eigenvalue weighted by molar-refractivity contribution is -0.116. The first kappa shape index (κ1) is 16.6. The summed E-state index contributed by atoms with van der Waals surface area (Å²) in [5.74, 6) is -0.588. The molecular formula is C21H18N2O2. The van der Waals surface area contributed by atoms with Gasteiger partial charge in [-0.2, -0.15) is 0 Å². The highest BCUT2D eigenvalue weighted by molar-refractivity contribution is 5.98. The van der Waals surface area contributed by atoms with Crippen LogP contribution in [0.3, 0.4) is 0 Å². The zero-order valence-electron chi connectivity index (χ0n) is 13.8. The Morgan fingerprint density at radius 2 is 1.44 bits per heavy atom. The zero-order valence-corrected chi connectivity index (χ0v) is 13.8. The van der Waals surface area contributed by atoms with E-state index in [1.54, 1.807) is 25.1 Å². The third kappa shape index (κ3) is 3.80. The SMILES string of the molecule is Cc1ccc(NC(=O)C(c2ccccc2)c2ccccc2)cc1N=O. The van der Waals surface area contributed by atoms with E-state index in [9.17, 15) is 9.70 Å². The number of hydrogen-bond acceptors (Lipinski definition) is 3. The van der Waals surface area contributed by atoms with E-state index >= 15 is 0 Å². The summed E-state index contributed by atoms with van der Waals surface area (Å²) in [6.45, 7) is 1.80. The molecule has 0 saturated carbocycles. The summed E-state index contributed by atoms with van der Waals surface area (Å²) in [6.07, 6.45) is 0. The molecular weight excluding hydrogens is 312 g/mol. The summed E-state index contributed by atoms with van der Waals surface area (Å²) in [6, 6.07) is 24.4. The maximum Gasteiger partial charge on any atom is 0.236 e. The van der Waals surface area contributed by atoms with E-state index in [2.05, 4.69) is 10.5 Å². The predicted octanol–water partition coefficient (Wildman–Crippen LogP) is 5.16. The Morgan fingerprint density at radius 1 is 0.880 bits per heavy atom. The van der Waals surface area contributed by atoms with Crippen LogP contribution in [0.2, 0.25) is 0 Å². The third-order valence-electron chi connectivity index (χ3n) is 4.10. The van der Waals surface area contributed by atoms with Gasteiger partial charge in [0.2, 0.25) is 5.91 Å². The van der Waals surface area contributed by atoms with Crippen molar-refractivity contribution in [3.05, 3.63) is 100 Å². The molecule has 3 aromatic carbocycles. The molecule has 0 heterocycles. The van der Waals surface area contributed by atoms with Gasteiger partial charge in [-0.05, 0) is 40.9 Å². The van der Waals surface area contributed by atoms with Crippen LogP contribution in [0.4, 0.5) is 11.4 Å². The quantitative estimate of drug-likeness (QED) is 0.657. The summed E-state index contributed by atoms with van der Waals surface area (Å²) in [5.41, 5.74) is 3.48. The second-order valence-corrected chi connectivity index (χ2v) is 5.84. The lowest BCUT2D eigenvalue weighted by Crippen LogP contribution is -2.22. The zero-order chi connectivity index (χ0) is 17.6. The first-order valence-corrected chi connectivity index (χ1v) is 8.04. The van der Waals surface area contributed by atoms with Crippen LogP contribution in [0.15, 0.2) is 84.0 Å². The highest BCUT2D eigenvalue weighted by Gasteiger charge is 2.22. The maximum absolute atomic E-state index is 13.0. The number of anilines is 1. The van der Waals surface area contributed by atoms with Crippen molar-refractivity contribution in [2.45, 2.75) is 12.8 Å². The second kappa shape index (κ2) is 7.53. The Bertz CT molecular complexity index is 837. The Kier molecular flexibility index (Phi) is 5.00. The molecule has 0 unspecified atom stereocenters. The third-order valence-corrected chi connectivity index (χ3v) is 4.10. The van der Waals surface area contributed by atoms with E-state index in [1.807, 2.05) is 60.7 Å². The van der Waals surface area contributed by atoms with Crippen molar-refractivity contribution >= 4 is 17.3 Å². The lowest BCUT2D eigenvalue weighted by atomic mass is 9.90. The molecule has 0 radical (unpaired) electrons. The number of aryl methyl sites for hydroxylation is 1. The molecule has 0 aromatic heterocycles. The minimum Gasteiger partial charge on any atom is -0.325 e.